The van der Waals surface area contributed by atoms with Crippen molar-refractivity contribution >= 4 is 11.6 Å². The Kier molecular flexibility index (Phi) is 5.20. The first-order valence-electron chi connectivity index (χ1n) is 7.79. The van der Waals surface area contributed by atoms with E-state index in [1.165, 1.54) is 0 Å². The van der Waals surface area contributed by atoms with Crippen LogP contribution in [0.2, 0.25) is 5.02 Å². The first-order chi connectivity index (χ1) is 11.1. The van der Waals surface area contributed by atoms with Gasteiger partial charge in [-0.25, -0.2) is 0 Å². The molecule has 3 rings (SSSR count). The monoisotopic (exact) mass is 336 g/mol. The number of nitrogens with zero attached hydrogens (tertiary/aromatic N) is 1. The Morgan fingerprint density at radius 1 is 1.39 bits per heavy atom. The van der Waals surface area contributed by atoms with Gasteiger partial charge >= 0.3 is 0 Å². The molecule has 1 atom stereocenters. The van der Waals surface area contributed by atoms with Crippen LogP contribution in [0.4, 0.5) is 0 Å². The highest BCUT2D eigenvalue weighted by atomic mass is 35.5. The van der Waals surface area contributed by atoms with Gasteiger partial charge in [0, 0.05) is 13.1 Å². The van der Waals surface area contributed by atoms with Crippen LogP contribution >= 0.6 is 11.6 Å². The maximum atomic E-state index is 6.35. The van der Waals surface area contributed by atoms with Crippen molar-refractivity contribution < 1.29 is 14.0 Å². The van der Waals surface area contributed by atoms with Crippen LogP contribution in [0, 0.1) is 13.8 Å². The third kappa shape index (κ3) is 4.05. The zero-order valence-corrected chi connectivity index (χ0v) is 14.2. The minimum Gasteiger partial charge on any atom is -0.487 e. The van der Waals surface area contributed by atoms with Gasteiger partial charge in [0.15, 0.2) is 0 Å². The van der Waals surface area contributed by atoms with Crippen molar-refractivity contribution in [2.75, 3.05) is 19.7 Å². The van der Waals surface area contributed by atoms with Crippen molar-refractivity contribution in [2.24, 2.45) is 0 Å². The fraction of sp³-hybridized carbons (Fsp3) is 0.471. The Balaban J connectivity index is 1.62. The van der Waals surface area contributed by atoms with E-state index in [1.807, 2.05) is 32.0 Å². The van der Waals surface area contributed by atoms with E-state index < -0.39 is 0 Å². The lowest BCUT2D eigenvalue weighted by Crippen LogP contribution is -2.39. The molecule has 0 aliphatic carbocycles. The quantitative estimate of drug-likeness (QED) is 0.909. The second kappa shape index (κ2) is 7.34. The van der Waals surface area contributed by atoms with E-state index in [0.29, 0.717) is 17.4 Å². The van der Waals surface area contributed by atoms with Crippen molar-refractivity contribution in [3.05, 3.63) is 45.8 Å². The van der Waals surface area contributed by atoms with Crippen LogP contribution < -0.4 is 10.1 Å². The lowest BCUT2D eigenvalue weighted by molar-refractivity contribution is 0.0292. The van der Waals surface area contributed by atoms with Gasteiger partial charge in [-0.2, -0.15) is 0 Å². The lowest BCUT2D eigenvalue weighted by Gasteiger charge is -2.23. The van der Waals surface area contributed by atoms with Crippen molar-refractivity contribution in [3.63, 3.8) is 0 Å². The van der Waals surface area contributed by atoms with Crippen LogP contribution in [0.3, 0.4) is 0 Å². The summed E-state index contributed by atoms with van der Waals surface area (Å²) in [6.07, 6.45) is 1.05. The summed E-state index contributed by atoms with van der Waals surface area (Å²) in [5.74, 6) is 1.44. The largest absolute Gasteiger partial charge is 0.487 e. The highest BCUT2D eigenvalue weighted by Gasteiger charge is 2.15. The predicted molar refractivity (Wildman–Crippen MR) is 88.1 cm³/mol. The van der Waals surface area contributed by atoms with Gasteiger partial charge in [-0.3, -0.25) is 0 Å². The maximum Gasteiger partial charge on any atom is 0.140 e. The molecule has 2 heterocycles. The number of hydrogen-bond donors (Lipinski definition) is 1. The van der Waals surface area contributed by atoms with Crippen LogP contribution in [0.15, 0.2) is 22.7 Å². The fourth-order valence-electron chi connectivity index (χ4n) is 2.66. The maximum absolute atomic E-state index is 6.35. The summed E-state index contributed by atoms with van der Waals surface area (Å²) >= 11 is 6.35. The number of hydrogen-bond acceptors (Lipinski definition) is 5. The second-order valence-electron chi connectivity index (χ2n) is 5.76. The number of aromatic nitrogens is 1. The predicted octanol–water partition coefficient (Wildman–Crippen LogP) is 3.05. The first kappa shape index (κ1) is 16.3. The molecule has 0 radical (unpaired) electrons. The minimum atomic E-state index is 0.203. The molecule has 2 aromatic rings. The summed E-state index contributed by atoms with van der Waals surface area (Å²) in [6.45, 7) is 6.74. The molecule has 1 unspecified atom stereocenters. The number of benzene rings is 1. The topological polar surface area (TPSA) is 56.5 Å². The van der Waals surface area contributed by atoms with Crippen molar-refractivity contribution in [1.82, 2.24) is 10.5 Å². The molecule has 1 aromatic carbocycles. The summed E-state index contributed by atoms with van der Waals surface area (Å²) < 4.78 is 16.7. The van der Waals surface area contributed by atoms with Crippen LogP contribution in [-0.2, 0) is 17.8 Å². The molecular weight excluding hydrogens is 316 g/mol. The molecule has 23 heavy (non-hydrogen) atoms. The van der Waals surface area contributed by atoms with Crippen LogP contribution in [0.1, 0.15) is 22.6 Å². The zero-order chi connectivity index (χ0) is 16.2. The Labute approximate surface area is 140 Å². The van der Waals surface area contributed by atoms with Gasteiger partial charge in [0.1, 0.15) is 18.1 Å². The van der Waals surface area contributed by atoms with Crippen molar-refractivity contribution in [3.8, 4) is 5.75 Å². The summed E-state index contributed by atoms with van der Waals surface area (Å²) in [5, 5.41) is 7.86. The molecule has 0 amide bonds. The molecule has 0 bridgehead atoms. The number of aryl methyl sites for hydroxylation is 2. The number of rotatable bonds is 5. The zero-order valence-electron chi connectivity index (χ0n) is 13.4. The molecule has 1 aliphatic rings. The molecule has 1 N–H and O–H groups in total. The number of morpholine rings is 1. The number of nitrogens with one attached hydrogen (secondary N) is 1. The molecule has 1 fully saturated rings. The van der Waals surface area contributed by atoms with E-state index in [2.05, 4.69) is 10.5 Å². The van der Waals surface area contributed by atoms with Gasteiger partial charge in [0.05, 0.1) is 29.0 Å². The Morgan fingerprint density at radius 2 is 2.26 bits per heavy atom. The van der Waals surface area contributed by atoms with Gasteiger partial charge in [0.2, 0.25) is 0 Å². The Hall–Kier alpha value is -1.56. The lowest BCUT2D eigenvalue weighted by atomic mass is 10.1. The standard InChI is InChI=1S/C17H21ClN2O3/c1-11-15(12(2)23-20-11)10-22-17-4-3-13(8-16(17)18)7-14-9-19-5-6-21-14/h3-4,8,14,19H,5-7,9-10H2,1-2H3. The minimum absolute atomic E-state index is 0.203. The molecule has 0 spiro atoms. The van der Waals surface area contributed by atoms with Crippen molar-refractivity contribution in [2.45, 2.75) is 33.0 Å². The molecule has 6 heteroatoms. The number of ether oxygens (including phenoxy) is 2. The molecule has 1 saturated heterocycles. The van der Waals surface area contributed by atoms with Gasteiger partial charge in [-0.05, 0) is 38.0 Å². The van der Waals surface area contributed by atoms with Crippen molar-refractivity contribution in [1.29, 1.82) is 0 Å². The van der Waals surface area contributed by atoms with E-state index in [-0.39, 0.29) is 6.10 Å². The Bertz CT molecular complexity index is 646. The normalized spacial score (nSPS) is 18.1. The molecule has 1 aliphatic heterocycles. The van der Waals surface area contributed by atoms with E-state index >= 15 is 0 Å². The van der Waals surface area contributed by atoms with Gasteiger partial charge in [0.25, 0.3) is 0 Å². The fourth-order valence-corrected chi connectivity index (χ4v) is 2.92. The molecular formula is C17H21ClN2O3. The van der Waals surface area contributed by atoms with Gasteiger partial charge in [-0.1, -0.05) is 22.8 Å². The van der Waals surface area contributed by atoms with Gasteiger partial charge in [-0.15, -0.1) is 0 Å². The average molecular weight is 337 g/mol. The van der Waals surface area contributed by atoms with E-state index in [4.69, 9.17) is 25.6 Å². The molecule has 0 saturated carbocycles. The van der Waals surface area contributed by atoms with Crippen LogP contribution in [0.25, 0.3) is 0 Å². The summed E-state index contributed by atoms with van der Waals surface area (Å²) in [6, 6.07) is 5.89. The average Bonchev–Trinajstić information content (AvgIpc) is 2.86. The van der Waals surface area contributed by atoms with Crippen LogP contribution in [0.5, 0.6) is 5.75 Å². The molecule has 124 valence electrons. The van der Waals surface area contributed by atoms with Crippen LogP contribution in [-0.4, -0.2) is 31.0 Å². The summed E-state index contributed by atoms with van der Waals surface area (Å²) in [7, 11) is 0. The SMILES string of the molecule is Cc1noc(C)c1COc1ccc(CC2CNCCO2)cc1Cl. The third-order valence-electron chi connectivity index (χ3n) is 4.02. The molecule has 1 aromatic heterocycles. The summed E-state index contributed by atoms with van der Waals surface area (Å²) in [4.78, 5) is 0. The van der Waals surface area contributed by atoms with E-state index in [9.17, 15) is 0 Å². The van der Waals surface area contributed by atoms with E-state index in [0.717, 1.165) is 48.7 Å². The van der Waals surface area contributed by atoms with E-state index in [1.54, 1.807) is 0 Å². The Morgan fingerprint density at radius 3 is 2.91 bits per heavy atom. The highest BCUT2D eigenvalue weighted by Crippen LogP contribution is 2.28. The summed E-state index contributed by atoms with van der Waals surface area (Å²) in [5.41, 5.74) is 2.96. The highest BCUT2D eigenvalue weighted by molar-refractivity contribution is 6.32. The second-order valence-corrected chi connectivity index (χ2v) is 6.16. The molecule has 5 nitrogen and oxygen atoms in total. The van der Waals surface area contributed by atoms with Gasteiger partial charge < -0.3 is 19.3 Å². The number of halogens is 1. The smallest absolute Gasteiger partial charge is 0.140 e. The third-order valence-corrected chi connectivity index (χ3v) is 4.31. The first-order valence-corrected chi connectivity index (χ1v) is 8.16.